The predicted molar refractivity (Wildman–Crippen MR) is 42.8 cm³/mol. The number of fused-ring (bicyclic) bond motifs is 1. The van der Waals surface area contributed by atoms with Crippen LogP contribution < -0.4 is 0 Å². The maximum absolute atomic E-state index is 4.24. The van der Waals surface area contributed by atoms with E-state index in [2.05, 4.69) is 15.0 Å². The summed E-state index contributed by atoms with van der Waals surface area (Å²) in [6.45, 7) is 0.853. The maximum Gasteiger partial charge on any atom is 0.0672 e. The molecule has 0 radical (unpaired) electrons. The van der Waals surface area contributed by atoms with E-state index in [4.69, 9.17) is 0 Å². The molecule has 0 N–H and O–H groups in total. The first-order valence-corrected chi connectivity index (χ1v) is 3.74. The molecule has 0 unspecified atom stereocenters. The zero-order chi connectivity index (χ0) is 7.52. The van der Waals surface area contributed by atoms with E-state index in [0.29, 0.717) is 0 Å². The lowest BCUT2D eigenvalue weighted by Gasteiger charge is -1.98. The number of rotatable bonds is 0. The SMILES string of the molecule is C1=NCCc2nccnc2C1. The molecule has 0 spiro atoms. The van der Waals surface area contributed by atoms with Crippen LogP contribution in [0.15, 0.2) is 17.4 Å². The zero-order valence-corrected chi connectivity index (χ0v) is 6.20. The summed E-state index contributed by atoms with van der Waals surface area (Å²) in [6, 6.07) is 0. The molecule has 0 saturated carbocycles. The molecule has 1 aromatic heterocycles. The molecule has 0 atom stereocenters. The fourth-order valence-electron chi connectivity index (χ4n) is 1.19. The first-order chi connectivity index (χ1) is 5.47. The Balaban J connectivity index is 2.40. The number of hydrogen-bond acceptors (Lipinski definition) is 3. The van der Waals surface area contributed by atoms with Gasteiger partial charge in [-0.2, -0.15) is 0 Å². The molecule has 1 aromatic rings. The van der Waals surface area contributed by atoms with Gasteiger partial charge >= 0.3 is 0 Å². The van der Waals surface area contributed by atoms with Crippen LogP contribution in [0, 0.1) is 0 Å². The fourth-order valence-corrected chi connectivity index (χ4v) is 1.19. The van der Waals surface area contributed by atoms with E-state index in [1.165, 1.54) is 0 Å². The summed E-state index contributed by atoms with van der Waals surface area (Å²) in [5.74, 6) is 0. The summed E-state index contributed by atoms with van der Waals surface area (Å²) < 4.78 is 0. The minimum atomic E-state index is 0.836. The Morgan fingerprint density at radius 3 is 2.82 bits per heavy atom. The predicted octanol–water partition coefficient (Wildman–Crippen LogP) is 0.646. The third-order valence-corrected chi connectivity index (χ3v) is 1.75. The van der Waals surface area contributed by atoms with Crippen molar-refractivity contribution in [3.8, 4) is 0 Å². The van der Waals surface area contributed by atoms with Gasteiger partial charge in [-0.25, -0.2) is 0 Å². The smallest absolute Gasteiger partial charge is 0.0672 e. The fraction of sp³-hybridized carbons (Fsp3) is 0.375. The lowest BCUT2D eigenvalue weighted by atomic mass is 10.2. The van der Waals surface area contributed by atoms with Gasteiger partial charge in [-0.15, -0.1) is 0 Å². The highest BCUT2D eigenvalue weighted by Gasteiger charge is 2.05. The minimum Gasteiger partial charge on any atom is -0.297 e. The van der Waals surface area contributed by atoms with Gasteiger partial charge in [0.15, 0.2) is 0 Å². The highest BCUT2D eigenvalue weighted by Crippen LogP contribution is 2.05. The molecule has 1 aliphatic rings. The van der Waals surface area contributed by atoms with Crippen LogP contribution in [0.1, 0.15) is 11.4 Å². The van der Waals surface area contributed by atoms with Gasteiger partial charge in [0.2, 0.25) is 0 Å². The number of aliphatic imine (C=N–C) groups is 1. The lowest BCUT2D eigenvalue weighted by Crippen LogP contribution is -1.99. The topological polar surface area (TPSA) is 38.1 Å². The molecule has 0 aliphatic carbocycles. The molecular weight excluding hydrogens is 138 g/mol. The van der Waals surface area contributed by atoms with Crippen molar-refractivity contribution >= 4 is 6.21 Å². The van der Waals surface area contributed by atoms with Crippen LogP contribution in [0.3, 0.4) is 0 Å². The molecule has 56 valence electrons. The Bertz CT molecular complexity index is 280. The van der Waals surface area contributed by atoms with Crippen molar-refractivity contribution < 1.29 is 0 Å². The Morgan fingerprint density at radius 1 is 1.09 bits per heavy atom. The second-order valence-corrected chi connectivity index (χ2v) is 2.49. The van der Waals surface area contributed by atoms with Crippen LogP contribution in [0.2, 0.25) is 0 Å². The summed E-state index contributed by atoms with van der Waals surface area (Å²) in [5, 5.41) is 0. The Labute approximate surface area is 65.2 Å². The average Bonchev–Trinajstić information content (AvgIpc) is 2.28. The summed E-state index contributed by atoms with van der Waals surface area (Å²) >= 11 is 0. The average molecular weight is 147 g/mol. The number of nitrogens with zero attached hydrogens (tertiary/aromatic N) is 3. The summed E-state index contributed by atoms with van der Waals surface area (Å²) in [6.07, 6.45) is 7.16. The van der Waals surface area contributed by atoms with Crippen LogP contribution >= 0.6 is 0 Å². The molecule has 2 heterocycles. The quantitative estimate of drug-likeness (QED) is 0.540. The van der Waals surface area contributed by atoms with Gasteiger partial charge in [0.05, 0.1) is 11.4 Å². The van der Waals surface area contributed by atoms with E-state index >= 15 is 0 Å². The molecule has 0 amide bonds. The Morgan fingerprint density at radius 2 is 1.91 bits per heavy atom. The molecule has 0 fully saturated rings. The van der Waals surface area contributed by atoms with E-state index in [1.807, 2.05) is 6.21 Å². The number of hydrogen-bond donors (Lipinski definition) is 0. The first kappa shape index (κ1) is 6.46. The molecule has 11 heavy (non-hydrogen) atoms. The second kappa shape index (κ2) is 2.78. The van der Waals surface area contributed by atoms with E-state index in [1.54, 1.807) is 12.4 Å². The molecule has 1 aliphatic heterocycles. The zero-order valence-electron chi connectivity index (χ0n) is 6.20. The van der Waals surface area contributed by atoms with Crippen molar-refractivity contribution in [1.29, 1.82) is 0 Å². The maximum atomic E-state index is 4.24. The van der Waals surface area contributed by atoms with E-state index < -0.39 is 0 Å². The van der Waals surface area contributed by atoms with Crippen molar-refractivity contribution in [1.82, 2.24) is 9.97 Å². The summed E-state index contributed by atoms with van der Waals surface area (Å²) in [5.41, 5.74) is 2.18. The molecule has 2 rings (SSSR count). The van der Waals surface area contributed by atoms with Crippen molar-refractivity contribution in [2.45, 2.75) is 12.8 Å². The Hall–Kier alpha value is -1.25. The Kier molecular flexibility index (Phi) is 1.63. The van der Waals surface area contributed by atoms with Crippen LogP contribution in [0.4, 0.5) is 0 Å². The third-order valence-electron chi connectivity index (χ3n) is 1.75. The van der Waals surface area contributed by atoms with Crippen molar-refractivity contribution in [3.63, 3.8) is 0 Å². The van der Waals surface area contributed by atoms with Gasteiger partial charge in [-0.1, -0.05) is 0 Å². The normalized spacial score (nSPS) is 15.6. The lowest BCUT2D eigenvalue weighted by molar-refractivity contribution is 0.901. The first-order valence-electron chi connectivity index (χ1n) is 3.74. The number of aromatic nitrogens is 2. The minimum absolute atomic E-state index is 0.836. The molecule has 3 nitrogen and oxygen atoms in total. The largest absolute Gasteiger partial charge is 0.297 e. The van der Waals surface area contributed by atoms with Crippen molar-refractivity contribution in [2.75, 3.05) is 6.54 Å². The van der Waals surface area contributed by atoms with Crippen LogP contribution in [-0.2, 0) is 12.8 Å². The van der Waals surface area contributed by atoms with Gasteiger partial charge in [0.25, 0.3) is 0 Å². The van der Waals surface area contributed by atoms with Gasteiger partial charge in [-0.3, -0.25) is 15.0 Å². The standard InChI is InChI=1S/C8H9N3/c1-3-9-4-2-8-7(1)10-5-6-11-8/h3,5-6H,1-2,4H2. The molecular formula is C8H9N3. The van der Waals surface area contributed by atoms with E-state index in [-0.39, 0.29) is 0 Å². The van der Waals surface area contributed by atoms with Crippen molar-refractivity contribution in [2.24, 2.45) is 4.99 Å². The van der Waals surface area contributed by atoms with E-state index in [9.17, 15) is 0 Å². The second-order valence-electron chi connectivity index (χ2n) is 2.49. The van der Waals surface area contributed by atoms with Gasteiger partial charge in [-0.05, 0) is 0 Å². The third kappa shape index (κ3) is 1.27. The summed E-state index contributed by atoms with van der Waals surface area (Å²) in [4.78, 5) is 12.6. The summed E-state index contributed by atoms with van der Waals surface area (Å²) in [7, 11) is 0. The molecule has 0 saturated heterocycles. The van der Waals surface area contributed by atoms with Gasteiger partial charge in [0, 0.05) is 38.0 Å². The molecule has 0 bridgehead atoms. The van der Waals surface area contributed by atoms with Crippen LogP contribution in [0.5, 0.6) is 0 Å². The van der Waals surface area contributed by atoms with Gasteiger partial charge < -0.3 is 0 Å². The van der Waals surface area contributed by atoms with Crippen molar-refractivity contribution in [3.05, 3.63) is 23.8 Å². The highest BCUT2D eigenvalue weighted by atomic mass is 14.8. The monoisotopic (exact) mass is 147 g/mol. The molecule has 3 heteroatoms. The highest BCUT2D eigenvalue weighted by molar-refractivity contribution is 5.61. The van der Waals surface area contributed by atoms with Crippen LogP contribution in [-0.4, -0.2) is 22.7 Å². The molecule has 0 aromatic carbocycles. The van der Waals surface area contributed by atoms with E-state index in [0.717, 1.165) is 30.8 Å². The van der Waals surface area contributed by atoms with Crippen LogP contribution in [0.25, 0.3) is 0 Å². The van der Waals surface area contributed by atoms with Gasteiger partial charge in [0.1, 0.15) is 0 Å².